The Morgan fingerprint density at radius 3 is 2.18 bits per heavy atom. The molecule has 0 aliphatic heterocycles. The topological polar surface area (TPSA) is 50.4 Å². The average Bonchev–Trinajstić information content (AvgIpc) is 2.32. The second-order valence-electron chi connectivity index (χ2n) is 7.10. The number of aryl methyl sites for hydroxylation is 2. The predicted molar refractivity (Wildman–Crippen MR) is 91.2 cm³/mol. The van der Waals surface area contributed by atoms with Crippen LogP contribution in [0.1, 0.15) is 57.4 Å². The van der Waals surface area contributed by atoms with E-state index in [1.54, 1.807) is 0 Å². The number of rotatable bonds is 5. The van der Waals surface area contributed by atoms with Gasteiger partial charge in [-0.3, -0.25) is 0 Å². The van der Waals surface area contributed by atoms with Crippen LogP contribution < -0.4 is 10.6 Å². The van der Waals surface area contributed by atoms with E-state index in [0.717, 1.165) is 0 Å². The van der Waals surface area contributed by atoms with E-state index in [-0.39, 0.29) is 18.2 Å². The Balaban J connectivity index is 2.46. The quantitative estimate of drug-likeness (QED) is 0.868. The van der Waals surface area contributed by atoms with Crippen molar-refractivity contribution in [2.45, 2.75) is 66.2 Å². The number of hydrogen-bond donors (Lipinski definition) is 2. The summed E-state index contributed by atoms with van der Waals surface area (Å²) in [5, 5.41) is 6.29. The zero-order valence-corrected chi connectivity index (χ0v) is 14.9. The van der Waals surface area contributed by atoms with Crippen LogP contribution in [0, 0.1) is 13.8 Å². The van der Waals surface area contributed by atoms with Gasteiger partial charge in [0.15, 0.2) is 0 Å². The van der Waals surface area contributed by atoms with E-state index >= 15 is 0 Å². The highest BCUT2D eigenvalue weighted by molar-refractivity contribution is 5.68. The normalized spacial score (nSPS) is 14.3. The van der Waals surface area contributed by atoms with E-state index in [4.69, 9.17) is 4.74 Å². The molecule has 4 nitrogen and oxygen atoms in total. The Bertz CT molecular complexity index is 486. The fourth-order valence-electron chi connectivity index (χ4n) is 2.29. The fraction of sp³-hybridized carbons (Fsp3) is 0.611. The highest BCUT2D eigenvalue weighted by Gasteiger charge is 2.18. The van der Waals surface area contributed by atoms with Crippen LogP contribution in [0.15, 0.2) is 18.2 Å². The van der Waals surface area contributed by atoms with Gasteiger partial charge in [0.1, 0.15) is 5.60 Å². The van der Waals surface area contributed by atoms with Crippen LogP contribution in [0.25, 0.3) is 0 Å². The largest absolute Gasteiger partial charge is 0.444 e. The molecule has 0 saturated carbocycles. The molecule has 1 aromatic carbocycles. The van der Waals surface area contributed by atoms with Crippen LogP contribution in [0.5, 0.6) is 0 Å². The van der Waals surface area contributed by atoms with Crippen molar-refractivity contribution in [1.29, 1.82) is 0 Å². The third kappa shape index (κ3) is 6.94. The van der Waals surface area contributed by atoms with Gasteiger partial charge in [0.2, 0.25) is 0 Å². The van der Waals surface area contributed by atoms with Crippen LogP contribution in [0.2, 0.25) is 0 Å². The molecule has 0 heterocycles. The fourth-order valence-corrected chi connectivity index (χ4v) is 2.29. The molecule has 0 spiro atoms. The molecule has 0 radical (unpaired) electrons. The summed E-state index contributed by atoms with van der Waals surface area (Å²) in [7, 11) is 0. The standard InChI is InChI=1S/C18H30N2O2/c1-12-8-13(2)10-16(9-12)15(4)19-11-14(3)20-17(21)22-18(5,6)7/h8-10,14-15,19H,11H2,1-7H3,(H,20,21). The van der Waals surface area contributed by atoms with Crippen molar-refractivity contribution in [3.05, 3.63) is 34.9 Å². The zero-order valence-electron chi connectivity index (χ0n) is 14.9. The summed E-state index contributed by atoms with van der Waals surface area (Å²) < 4.78 is 5.25. The Morgan fingerprint density at radius 1 is 1.14 bits per heavy atom. The summed E-state index contributed by atoms with van der Waals surface area (Å²) in [6.45, 7) is 14.6. The zero-order chi connectivity index (χ0) is 16.9. The number of benzene rings is 1. The molecule has 0 aromatic heterocycles. The van der Waals surface area contributed by atoms with Gasteiger partial charge >= 0.3 is 6.09 Å². The number of alkyl carbamates (subject to hydrolysis) is 1. The van der Waals surface area contributed by atoms with Gasteiger partial charge in [-0.25, -0.2) is 4.79 Å². The van der Waals surface area contributed by atoms with Gasteiger partial charge in [0.25, 0.3) is 0 Å². The van der Waals surface area contributed by atoms with E-state index < -0.39 is 5.60 Å². The third-order valence-electron chi connectivity index (χ3n) is 3.24. The highest BCUT2D eigenvalue weighted by atomic mass is 16.6. The number of ether oxygens (including phenoxy) is 1. The molecule has 1 aromatic rings. The lowest BCUT2D eigenvalue weighted by Crippen LogP contribution is -2.43. The molecule has 0 fully saturated rings. The molecule has 1 rings (SSSR count). The van der Waals surface area contributed by atoms with Crippen molar-refractivity contribution in [1.82, 2.24) is 10.6 Å². The molecule has 0 bridgehead atoms. The summed E-state index contributed by atoms with van der Waals surface area (Å²) in [5.41, 5.74) is 3.33. The second-order valence-corrected chi connectivity index (χ2v) is 7.10. The van der Waals surface area contributed by atoms with Gasteiger partial charge in [-0.05, 0) is 54.0 Å². The maximum atomic E-state index is 11.7. The van der Waals surface area contributed by atoms with E-state index in [0.29, 0.717) is 6.54 Å². The molecule has 4 heteroatoms. The molecule has 2 unspecified atom stereocenters. The van der Waals surface area contributed by atoms with Crippen LogP contribution in [-0.2, 0) is 4.74 Å². The van der Waals surface area contributed by atoms with Crippen molar-refractivity contribution in [3.63, 3.8) is 0 Å². The van der Waals surface area contributed by atoms with Crippen LogP contribution in [-0.4, -0.2) is 24.3 Å². The molecule has 22 heavy (non-hydrogen) atoms. The summed E-state index contributed by atoms with van der Waals surface area (Å²) in [6, 6.07) is 6.79. The van der Waals surface area contributed by atoms with Gasteiger partial charge in [-0.15, -0.1) is 0 Å². The molecule has 124 valence electrons. The van der Waals surface area contributed by atoms with Crippen molar-refractivity contribution < 1.29 is 9.53 Å². The van der Waals surface area contributed by atoms with Crippen molar-refractivity contribution >= 4 is 6.09 Å². The molecule has 0 saturated heterocycles. The number of carbonyl (C=O) groups is 1. The van der Waals surface area contributed by atoms with Gasteiger partial charge in [0, 0.05) is 18.6 Å². The molecular formula is C18H30N2O2. The molecule has 0 aliphatic carbocycles. The van der Waals surface area contributed by atoms with Gasteiger partial charge < -0.3 is 15.4 Å². The van der Waals surface area contributed by atoms with E-state index in [1.807, 2.05) is 27.7 Å². The first-order chi connectivity index (χ1) is 10.1. The smallest absolute Gasteiger partial charge is 0.407 e. The molecular weight excluding hydrogens is 276 g/mol. The first kappa shape index (κ1) is 18.5. The number of hydrogen-bond acceptors (Lipinski definition) is 3. The van der Waals surface area contributed by atoms with Gasteiger partial charge in [-0.1, -0.05) is 29.3 Å². The van der Waals surface area contributed by atoms with Crippen molar-refractivity contribution in [2.24, 2.45) is 0 Å². The summed E-state index contributed by atoms with van der Waals surface area (Å²) in [4.78, 5) is 11.7. The van der Waals surface area contributed by atoms with E-state index in [1.165, 1.54) is 16.7 Å². The monoisotopic (exact) mass is 306 g/mol. The van der Waals surface area contributed by atoms with Gasteiger partial charge in [0.05, 0.1) is 0 Å². The van der Waals surface area contributed by atoms with Crippen molar-refractivity contribution in [2.75, 3.05) is 6.54 Å². The molecule has 2 N–H and O–H groups in total. The lowest BCUT2D eigenvalue weighted by molar-refractivity contribution is 0.0507. The third-order valence-corrected chi connectivity index (χ3v) is 3.24. The maximum Gasteiger partial charge on any atom is 0.407 e. The van der Waals surface area contributed by atoms with Crippen LogP contribution in [0.3, 0.4) is 0 Å². The summed E-state index contributed by atoms with van der Waals surface area (Å²) in [6.07, 6.45) is -0.374. The Hall–Kier alpha value is -1.55. The highest BCUT2D eigenvalue weighted by Crippen LogP contribution is 2.16. The molecule has 1 amide bonds. The van der Waals surface area contributed by atoms with Gasteiger partial charge in [-0.2, -0.15) is 0 Å². The first-order valence-electron chi connectivity index (χ1n) is 7.88. The minimum absolute atomic E-state index is 0.00297. The Morgan fingerprint density at radius 2 is 1.68 bits per heavy atom. The molecule has 0 aliphatic rings. The summed E-state index contributed by atoms with van der Waals surface area (Å²) >= 11 is 0. The van der Waals surface area contributed by atoms with E-state index in [2.05, 4.69) is 49.6 Å². The first-order valence-corrected chi connectivity index (χ1v) is 7.88. The minimum atomic E-state index is -0.469. The Labute approximate surface area is 134 Å². The van der Waals surface area contributed by atoms with E-state index in [9.17, 15) is 4.79 Å². The molecule has 2 atom stereocenters. The van der Waals surface area contributed by atoms with Crippen LogP contribution >= 0.6 is 0 Å². The van der Waals surface area contributed by atoms with Crippen molar-refractivity contribution in [3.8, 4) is 0 Å². The minimum Gasteiger partial charge on any atom is -0.444 e. The summed E-state index contributed by atoms with van der Waals surface area (Å²) in [5.74, 6) is 0. The second kappa shape index (κ2) is 7.63. The maximum absolute atomic E-state index is 11.7. The lowest BCUT2D eigenvalue weighted by atomic mass is 10.0. The van der Waals surface area contributed by atoms with Crippen LogP contribution in [0.4, 0.5) is 4.79 Å². The Kier molecular flexibility index (Phi) is 6.42. The number of nitrogens with one attached hydrogen (secondary N) is 2. The SMILES string of the molecule is Cc1cc(C)cc(C(C)NCC(C)NC(=O)OC(C)(C)C)c1. The number of carbonyl (C=O) groups excluding carboxylic acids is 1. The average molecular weight is 306 g/mol. The number of amides is 1. The lowest BCUT2D eigenvalue weighted by Gasteiger charge is -2.23. The predicted octanol–water partition coefficient (Wildman–Crippen LogP) is 3.87.